The van der Waals surface area contributed by atoms with Crippen LogP contribution >= 0.6 is 0 Å². The van der Waals surface area contributed by atoms with Gasteiger partial charge in [0.25, 0.3) is 0 Å². The number of fused-ring (bicyclic) bond motifs is 1. The molecule has 0 N–H and O–H groups in total. The zero-order chi connectivity index (χ0) is 24.9. The number of benzene rings is 3. The zero-order valence-corrected chi connectivity index (χ0v) is 20.3. The fourth-order valence-corrected chi connectivity index (χ4v) is 4.89. The van der Waals surface area contributed by atoms with Crippen molar-refractivity contribution in [3.63, 3.8) is 0 Å². The van der Waals surface area contributed by atoms with Gasteiger partial charge in [0.05, 0.1) is 37.5 Å². The molecule has 0 spiro atoms. The predicted octanol–water partition coefficient (Wildman–Crippen LogP) is 4.55. The molecule has 6 heteroatoms. The molecule has 36 heavy (non-hydrogen) atoms. The molecular formula is C30H28N4O2. The smallest absolute Gasteiger partial charge is 0.227 e. The van der Waals surface area contributed by atoms with E-state index in [2.05, 4.69) is 33.8 Å². The maximum Gasteiger partial charge on any atom is 0.227 e. The summed E-state index contributed by atoms with van der Waals surface area (Å²) in [5, 5.41) is 9.07. The van der Waals surface area contributed by atoms with Crippen LogP contribution < -0.4 is 4.74 Å². The van der Waals surface area contributed by atoms with E-state index in [0.29, 0.717) is 31.5 Å². The van der Waals surface area contributed by atoms with Crippen molar-refractivity contribution in [1.29, 1.82) is 5.26 Å². The molecule has 1 unspecified atom stereocenters. The van der Waals surface area contributed by atoms with Crippen LogP contribution in [0, 0.1) is 11.3 Å². The summed E-state index contributed by atoms with van der Waals surface area (Å²) in [7, 11) is 1.64. The van der Waals surface area contributed by atoms with Crippen LogP contribution in [0.25, 0.3) is 0 Å². The third kappa shape index (κ3) is 5.16. The highest BCUT2D eigenvalue weighted by Crippen LogP contribution is 2.26. The molecule has 1 amide bonds. The van der Waals surface area contributed by atoms with Gasteiger partial charge in [-0.05, 0) is 52.9 Å². The fourth-order valence-electron chi connectivity index (χ4n) is 4.89. The van der Waals surface area contributed by atoms with Crippen molar-refractivity contribution in [3.05, 3.63) is 119 Å². The molecule has 5 rings (SSSR count). The van der Waals surface area contributed by atoms with Crippen LogP contribution in [0.3, 0.4) is 0 Å². The number of carbonyl (C=O) groups is 1. The first-order valence-corrected chi connectivity index (χ1v) is 12.1. The number of methoxy groups -OCH3 is 1. The van der Waals surface area contributed by atoms with Crippen molar-refractivity contribution >= 4 is 5.91 Å². The molecule has 1 aliphatic heterocycles. The van der Waals surface area contributed by atoms with E-state index >= 15 is 0 Å². The predicted molar refractivity (Wildman–Crippen MR) is 137 cm³/mol. The SMILES string of the molecule is COc1cccc(CC(=O)N2Cc3ccccc3CC2Cn2cncc2Cc2ccc(C#N)cc2)c1. The highest BCUT2D eigenvalue weighted by atomic mass is 16.5. The molecule has 0 aliphatic carbocycles. The van der Waals surface area contributed by atoms with Gasteiger partial charge >= 0.3 is 0 Å². The average molecular weight is 477 g/mol. The Morgan fingerprint density at radius 1 is 1.06 bits per heavy atom. The summed E-state index contributed by atoms with van der Waals surface area (Å²) < 4.78 is 7.50. The van der Waals surface area contributed by atoms with Crippen molar-refractivity contribution in [1.82, 2.24) is 14.5 Å². The largest absolute Gasteiger partial charge is 0.497 e. The summed E-state index contributed by atoms with van der Waals surface area (Å²) in [5.74, 6) is 0.864. The topological polar surface area (TPSA) is 71.2 Å². The highest BCUT2D eigenvalue weighted by Gasteiger charge is 2.30. The van der Waals surface area contributed by atoms with Gasteiger partial charge in [-0.2, -0.15) is 5.26 Å². The van der Waals surface area contributed by atoms with E-state index in [-0.39, 0.29) is 11.9 Å². The number of nitriles is 1. The number of carbonyl (C=O) groups excluding carboxylic acids is 1. The number of ether oxygens (including phenoxy) is 1. The number of amides is 1. The summed E-state index contributed by atoms with van der Waals surface area (Å²) in [4.78, 5) is 20.0. The van der Waals surface area contributed by atoms with Crippen molar-refractivity contribution < 1.29 is 9.53 Å². The van der Waals surface area contributed by atoms with Crippen molar-refractivity contribution in [2.24, 2.45) is 0 Å². The van der Waals surface area contributed by atoms with Crippen LogP contribution in [0.1, 0.15) is 33.5 Å². The van der Waals surface area contributed by atoms with Gasteiger partial charge in [-0.3, -0.25) is 4.79 Å². The van der Waals surface area contributed by atoms with E-state index in [9.17, 15) is 4.79 Å². The molecule has 1 aliphatic rings. The second-order valence-electron chi connectivity index (χ2n) is 9.20. The summed E-state index contributed by atoms with van der Waals surface area (Å²) in [5.41, 5.74) is 6.30. The van der Waals surface area contributed by atoms with Gasteiger partial charge < -0.3 is 14.2 Å². The summed E-state index contributed by atoms with van der Waals surface area (Å²) >= 11 is 0. The second kappa shape index (κ2) is 10.5. The molecule has 2 heterocycles. The lowest BCUT2D eigenvalue weighted by Gasteiger charge is -2.37. The fraction of sp³-hybridized carbons (Fsp3) is 0.233. The Hall–Kier alpha value is -4.37. The third-order valence-electron chi connectivity index (χ3n) is 6.84. The summed E-state index contributed by atoms with van der Waals surface area (Å²) in [6, 6.07) is 25.9. The molecule has 0 bridgehead atoms. The standard InChI is InChI=1S/C30H28N4O2/c1-36-29-8-4-5-24(14-29)15-30(35)34-19-26-7-3-2-6-25(26)16-28(34)20-33-21-32-18-27(33)13-22-9-11-23(17-31)12-10-22/h2-12,14,18,21,28H,13,15-16,19-20H2,1H3. The lowest BCUT2D eigenvalue weighted by atomic mass is 9.93. The molecule has 0 radical (unpaired) electrons. The van der Waals surface area contributed by atoms with E-state index < -0.39 is 0 Å². The first-order chi connectivity index (χ1) is 17.6. The molecule has 3 aromatic carbocycles. The van der Waals surface area contributed by atoms with Gasteiger partial charge in [0.15, 0.2) is 0 Å². The first-order valence-electron chi connectivity index (χ1n) is 12.1. The van der Waals surface area contributed by atoms with Crippen LogP contribution in [-0.2, 0) is 37.1 Å². The number of rotatable bonds is 7. The van der Waals surface area contributed by atoms with Gasteiger partial charge in [0.1, 0.15) is 5.75 Å². The van der Waals surface area contributed by atoms with Crippen LogP contribution in [0.5, 0.6) is 5.75 Å². The van der Waals surface area contributed by atoms with Crippen molar-refractivity contribution in [2.45, 2.75) is 38.4 Å². The van der Waals surface area contributed by atoms with E-state index in [0.717, 1.165) is 29.0 Å². The van der Waals surface area contributed by atoms with E-state index in [4.69, 9.17) is 10.00 Å². The molecule has 0 saturated carbocycles. The van der Waals surface area contributed by atoms with E-state index in [1.807, 2.05) is 72.0 Å². The Morgan fingerprint density at radius 3 is 2.64 bits per heavy atom. The Kier molecular flexibility index (Phi) is 6.81. The molecule has 1 atom stereocenters. The number of imidazole rings is 1. The summed E-state index contributed by atoms with van der Waals surface area (Å²) in [6.45, 7) is 1.27. The van der Waals surface area contributed by atoms with Crippen molar-refractivity contribution in [2.75, 3.05) is 7.11 Å². The van der Waals surface area contributed by atoms with Gasteiger partial charge in [-0.25, -0.2) is 4.98 Å². The van der Waals surface area contributed by atoms with Crippen LogP contribution in [0.15, 0.2) is 85.3 Å². The quantitative estimate of drug-likeness (QED) is 0.392. The maximum absolute atomic E-state index is 13.6. The summed E-state index contributed by atoms with van der Waals surface area (Å²) in [6.07, 6.45) is 5.58. The number of hydrogen-bond acceptors (Lipinski definition) is 4. The first kappa shape index (κ1) is 23.4. The average Bonchev–Trinajstić information content (AvgIpc) is 3.35. The normalized spacial score (nSPS) is 14.7. The number of nitrogens with zero attached hydrogens (tertiary/aromatic N) is 4. The number of aromatic nitrogens is 2. The van der Waals surface area contributed by atoms with Crippen molar-refractivity contribution in [3.8, 4) is 11.8 Å². The Bertz CT molecular complexity index is 1400. The highest BCUT2D eigenvalue weighted by molar-refractivity contribution is 5.79. The van der Waals surface area contributed by atoms with Gasteiger partial charge in [-0.1, -0.05) is 48.5 Å². The second-order valence-corrected chi connectivity index (χ2v) is 9.20. The lowest BCUT2D eigenvalue weighted by Crippen LogP contribution is -2.47. The van der Waals surface area contributed by atoms with Crippen LogP contribution in [0.2, 0.25) is 0 Å². The lowest BCUT2D eigenvalue weighted by molar-refractivity contribution is -0.134. The van der Waals surface area contributed by atoms with Gasteiger partial charge in [0, 0.05) is 31.4 Å². The molecule has 6 nitrogen and oxygen atoms in total. The minimum atomic E-state index is 0.0203. The Labute approximate surface area is 211 Å². The van der Waals surface area contributed by atoms with Gasteiger partial charge in [0.2, 0.25) is 5.91 Å². The number of hydrogen-bond donors (Lipinski definition) is 0. The molecule has 0 saturated heterocycles. The molecule has 180 valence electrons. The minimum absolute atomic E-state index is 0.0203. The molecule has 4 aromatic rings. The molecule has 0 fully saturated rings. The molecular weight excluding hydrogens is 448 g/mol. The maximum atomic E-state index is 13.6. The Balaban J connectivity index is 1.38. The zero-order valence-electron chi connectivity index (χ0n) is 20.3. The van der Waals surface area contributed by atoms with Gasteiger partial charge in [-0.15, -0.1) is 0 Å². The van der Waals surface area contributed by atoms with E-state index in [1.165, 1.54) is 11.1 Å². The van der Waals surface area contributed by atoms with E-state index in [1.54, 1.807) is 7.11 Å². The minimum Gasteiger partial charge on any atom is -0.497 e. The third-order valence-corrected chi connectivity index (χ3v) is 6.84. The Morgan fingerprint density at radius 2 is 1.86 bits per heavy atom. The van der Waals surface area contributed by atoms with Crippen LogP contribution in [-0.4, -0.2) is 33.5 Å². The monoisotopic (exact) mass is 476 g/mol. The van der Waals surface area contributed by atoms with Crippen LogP contribution in [0.4, 0.5) is 0 Å². The molecule has 1 aromatic heterocycles.